The second-order valence-electron chi connectivity index (χ2n) is 6.61. The van der Waals surface area contributed by atoms with Crippen molar-refractivity contribution in [3.05, 3.63) is 60.0 Å². The van der Waals surface area contributed by atoms with E-state index in [2.05, 4.69) is 10.1 Å². The first kappa shape index (κ1) is 18.0. The van der Waals surface area contributed by atoms with E-state index in [-0.39, 0.29) is 11.9 Å². The summed E-state index contributed by atoms with van der Waals surface area (Å²) in [4.78, 5) is 18.8. The Labute approximate surface area is 162 Å². The maximum absolute atomic E-state index is 12.4. The van der Waals surface area contributed by atoms with Crippen LogP contribution in [0.5, 0.6) is 11.5 Å². The summed E-state index contributed by atoms with van der Waals surface area (Å²) in [6.07, 6.45) is 1.14. The van der Waals surface area contributed by atoms with E-state index < -0.39 is 0 Å². The molecule has 2 aromatic carbocycles. The third kappa shape index (κ3) is 3.55. The van der Waals surface area contributed by atoms with Crippen LogP contribution in [0.25, 0.3) is 11.4 Å². The molecule has 1 aromatic heterocycles. The van der Waals surface area contributed by atoms with Crippen LogP contribution in [0, 0.1) is 0 Å². The van der Waals surface area contributed by atoms with Crippen LogP contribution in [0.15, 0.2) is 53.1 Å². The number of benzene rings is 2. The molecule has 1 fully saturated rings. The number of carbonyl (C=O) groups excluding carboxylic acids is 1. The molecule has 1 aliphatic rings. The molecule has 3 aromatic rings. The Bertz CT molecular complexity index is 951. The predicted molar refractivity (Wildman–Crippen MR) is 102 cm³/mol. The monoisotopic (exact) mass is 379 g/mol. The minimum absolute atomic E-state index is 0.0880. The summed E-state index contributed by atoms with van der Waals surface area (Å²) in [5.74, 6) is 2.60. The van der Waals surface area contributed by atoms with Crippen LogP contribution >= 0.6 is 0 Å². The van der Waals surface area contributed by atoms with Gasteiger partial charge in [-0.1, -0.05) is 17.3 Å². The third-order valence-corrected chi connectivity index (χ3v) is 4.92. The second kappa shape index (κ2) is 7.72. The number of likely N-dealkylation sites (tertiary alicyclic amines) is 1. The van der Waals surface area contributed by atoms with Gasteiger partial charge in [0.15, 0.2) is 0 Å². The summed E-state index contributed by atoms with van der Waals surface area (Å²) < 4.78 is 15.9. The first-order valence-electron chi connectivity index (χ1n) is 9.08. The highest BCUT2D eigenvalue weighted by molar-refractivity contribution is 5.78. The van der Waals surface area contributed by atoms with Crippen molar-refractivity contribution in [3.63, 3.8) is 0 Å². The fraction of sp³-hybridized carbons (Fsp3) is 0.286. The van der Waals surface area contributed by atoms with Gasteiger partial charge in [-0.2, -0.15) is 4.98 Å². The number of nitrogens with zero attached hydrogens (tertiary/aromatic N) is 3. The molecule has 144 valence electrons. The van der Waals surface area contributed by atoms with E-state index >= 15 is 0 Å². The van der Waals surface area contributed by atoms with Crippen molar-refractivity contribution in [2.45, 2.75) is 25.4 Å². The van der Waals surface area contributed by atoms with Crippen molar-refractivity contribution in [1.29, 1.82) is 0 Å². The highest BCUT2D eigenvalue weighted by Gasteiger charge is 2.36. The van der Waals surface area contributed by atoms with E-state index in [0.717, 1.165) is 22.6 Å². The highest BCUT2D eigenvalue weighted by atomic mass is 16.5. The van der Waals surface area contributed by atoms with Gasteiger partial charge in [0.1, 0.15) is 17.5 Å². The molecule has 1 amide bonds. The molecule has 0 bridgehead atoms. The number of amides is 1. The van der Waals surface area contributed by atoms with Crippen LogP contribution < -0.4 is 9.47 Å². The predicted octanol–water partition coefficient (Wildman–Crippen LogP) is 3.62. The first-order valence-corrected chi connectivity index (χ1v) is 9.08. The lowest BCUT2D eigenvalue weighted by Gasteiger charge is -2.22. The van der Waals surface area contributed by atoms with Crippen molar-refractivity contribution in [1.82, 2.24) is 15.0 Å². The Morgan fingerprint density at radius 3 is 2.32 bits per heavy atom. The number of methoxy groups -OCH3 is 2. The van der Waals surface area contributed by atoms with E-state index in [1.165, 1.54) is 0 Å². The van der Waals surface area contributed by atoms with Crippen molar-refractivity contribution in [2.75, 3.05) is 14.2 Å². The number of aromatic nitrogens is 2. The van der Waals surface area contributed by atoms with Crippen molar-refractivity contribution < 1.29 is 18.8 Å². The molecular formula is C21H21N3O4. The Balaban J connectivity index is 1.53. The second-order valence-corrected chi connectivity index (χ2v) is 6.61. The van der Waals surface area contributed by atoms with Gasteiger partial charge >= 0.3 is 0 Å². The minimum Gasteiger partial charge on any atom is -0.497 e. The Morgan fingerprint density at radius 1 is 1.04 bits per heavy atom. The lowest BCUT2D eigenvalue weighted by molar-refractivity contribution is -0.129. The molecule has 7 nitrogen and oxygen atoms in total. The Morgan fingerprint density at radius 2 is 1.68 bits per heavy atom. The molecule has 0 spiro atoms. The van der Waals surface area contributed by atoms with E-state index in [4.69, 9.17) is 14.0 Å². The van der Waals surface area contributed by atoms with Gasteiger partial charge in [-0.15, -0.1) is 0 Å². The normalized spacial score (nSPS) is 16.4. The lowest BCUT2D eigenvalue weighted by Crippen LogP contribution is -2.27. The summed E-state index contributed by atoms with van der Waals surface area (Å²) >= 11 is 0. The quantitative estimate of drug-likeness (QED) is 0.651. The molecule has 1 aliphatic heterocycles. The van der Waals surface area contributed by atoms with Crippen LogP contribution in [0.3, 0.4) is 0 Å². The molecule has 1 saturated heterocycles. The maximum atomic E-state index is 12.4. The molecular weight excluding hydrogens is 358 g/mol. The lowest BCUT2D eigenvalue weighted by atomic mass is 10.1. The fourth-order valence-corrected chi connectivity index (χ4v) is 3.34. The van der Waals surface area contributed by atoms with Gasteiger partial charge in [0.05, 0.1) is 14.2 Å². The topological polar surface area (TPSA) is 77.7 Å². The number of hydrogen-bond acceptors (Lipinski definition) is 6. The van der Waals surface area contributed by atoms with Crippen LogP contribution in [-0.4, -0.2) is 35.2 Å². The summed E-state index contributed by atoms with van der Waals surface area (Å²) in [6, 6.07) is 14.9. The van der Waals surface area contributed by atoms with E-state index in [0.29, 0.717) is 31.1 Å². The molecule has 2 heterocycles. The number of carbonyl (C=O) groups is 1. The van der Waals surface area contributed by atoms with E-state index in [1.54, 1.807) is 19.1 Å². The number of ether oxygens (including phenoxy) is 2. The molecule has 0 saturated carbocycles. The van der Waals surface area contributed by atoms with Crippen LogP contribution in [0.2, 0.25) is 0 Å². The third-order valence-electron chi connectivity index (χ3n) is 4.92. The average molecular weight is 379 g/mol. The van der Waals surface area contributed by atoms with Gasteiger partial charge in [-0.25, -0.2) is 0 Å². The maximum Gasteiger partial charge on any atom is 0.249 e. The standard InChI is InChI=1S/C21H21N3O4/c1-26-16-7-3-14(4-8-16)13-24-18(11-12-19(24)25)21-22-20(23-28-21)15-5-9-17(27-2)10-6-15/h3-10,18H,11-13H2,1-2H3. The Hall–Kier alpha value is -3.35. The molecule has 28 heavy (non-hydrogen) atoms. The molecule has 0 aliphatic carbocycles. The number of hydrogen-bond donors (Lipinski definition) is 0. The largest absolute Gasteiger partial charge is 0.497 e. The van der Waals surface area contributed by atoms with Gasteiger partial charge in [-0.3, -0.25) is 4.79 Å². The molecule has 1 atom stereocenters. The summed E-state index contributed by atoms with van der Waals surface area (Å²) in [6.45, 7) is 0.494. The number of rotatable bonds is 6. The zero-order chi connectivity index (χ0) is 19.5. The fourth-order valence-electron chi connectivity index (χ4n) is 3.34. The Kier molecular flexibility index (Phi) is 4.97. The van der Waals surface area contributed by atoms with Crippen LogP contribution in [0.1, 0.15) is 30.3 Å². The minimum atomic E-state index is -0.214. The van der Waals surface area contributed by atoms with Crippen LogP contribution in [0.4, 0.5) is 0 Å². The molecule has 1 unspecified atom stereocenters. The molecule has 0 radical (unpaired) electrons. The highest BCUT2D eigenvalue weighted by Crippen LogP contribution is 2.34. The zero-order valence-electron chi connectivity index (χ0n) is 15.8. The van der Waals surface area contributed by atoms with E-state index in [9.17, 15) is 4.79 Å². The molecule has 0 N–H and O–H groups in total. The van der Waals surface area contributed by atoms with Crippen LogP contribution in [-0.2, 0) is 11.3 Å². The zero-order valence-corrected chi connectivity index (χ0v) is 15.8. The van der Waals surface area contributed by atoms with Crippen molar-refractivity contribution in [2.24, 2.45) is 0 Å². The van der Waals surface area contributed by atoms with Crippen molar-refractivity contribution >= 4 is 5.91 Å². The van der Waals surface area contributed by atoms with Gasteiger partial charge < -0.3 is 18.9 Å². The smallest absolute Gasteiger partial charge is 0.249 e. The first-order chi connectivity index (χ1) is 13.7. The van der Waals surface area contributed by atoms with Gasteiger partial charge in [0.25, 0.3) is 0 Å². The summed E-state index contributed by atoms with van der Waals surface area (Å²) in [5.41, 5.74) is 1.86. The molecule has 4 rings (SSSR count). The van der Waals surface area contributed by atoms with Gasteiger partial charge in [0, 0.05) is 18.5 Å². The summed E-state index contributed by atoms with van der Waals surface area (Å²) in [7, 11) is 3.25. The van der Waals surface area contributed by atoms with Gasteiger partial charge in [-0.05, 0) is 48.4 Å². The van der Waals surface area contributed by atoms with E-state index in [1.807, 2.05) is 48.5 Å². The SMILES string of the molecule is COc1ccc(CN2C(=O)CCC2c2nc(-c3ccc(OC)cc3)no2)cc1. The average Bonchev–Trinajstić information content (AvgIpc) is 3.36. The van der Waals surface area contributed by atoms with Gasteiger partial charge in [0.2, 0.25) is 17.6 Å². The summed E-state index contributed by atoms with van der Waals surface area (Å²) in [5, 5.41) is 4.09. The van der Waals surface area contributed by atoms with Crippen molar-refractivity contribution in [3.8, 4) is 22.9 Å². The molecule has 7 heteroatoms.